The van der Waals surface area contributed by atoms with Gasteiger partial charge >= 0.3 is 0 Å². The van der Waals surface area contributed by atoms with E-state index in [0.717, 1.165) is 15.8 Å². The van der Waals surface area contributed by atoms with E-state index in [-0.39, 0.29) is 18.4 Å². The fourth-order valence-corrected chi connectivity index (χ4v) is 3.31. The van der Waals surface area contributed by atoms with Crippen LogP contribution in [0.4, 0.5) is 17.1 Å². The largest absolute Gasteiger partial charge is 0.375 e. The lowest BCUT2D eigenvalue weighted by Gasteiger charge is -2.21. The summed E-state index contributed by atoms with van der Waals surface area (Å²) in [5.74, 6) is -0.244. The van der Waals surface area contributed by atoms with Gasteiger partial charge < -0.3 is 15.5 Å². The zero-order chi connectivity index (χ0) is 20.6. The molecular formula is C23H22BrN3O2. The van der Waals surface area contributed by atoms with E-state index in [0.29, 0.717) is 17.8 Å². The molecule has 0 radical (unpaired) electrons. The highest BCUT2D eigenvalue weighted by Gasteiger charge is 2.16. The number of nitrogens with one attached hydrogen (secondary N) is 2. The quantitative estimate of drug-likeness (QED) is 0.520. The maximum absolute atomic E-state index is 12.8. The van der Waals surface area contributed by atoms with Crippen molar-refractivity contribution in [3.05, 3.63) is 88.9 Å². The van der Waals surface area contributed by atoms with E-state index in [9.17, 15) is 9.59 Å². The van der Waals surface area contributed by atoms with Crippen LogP contribution in [-0.4, -0.2) is 24.9 Å². The summed E-state index contributed by atoms with van der Waals surface area (Å²) in [6.45, 7) is 2.65. The second kappa shape index (κ2) is 9.89. The molecule has 3 aromatic carbocycles. The SMILES string of the molecule is CCN(C(=O)c1ccc(NC(=O)CNc2ccccc2Br)cc1)c1ccccc1. The van der Waals surface area contributed by atoms with E-state index in [2.05, 4.69) is 26.6 Å². The molecule has 2 amide bonds. The fourth-order valence-electron chi connectivity index (χ4n) is 2.89. The molecule has 3 rings (SSSR count). The summed E-state index contributed by atoms with van der Waals surface area (Å²) in [5.41, 5.74) is 2.92. The summed E-state index contributed by atoms with van der Waals surface area (Å²) in [6.07, 6.45) is 0. The van der Waals surface area contributed by atoms with Crippen molar-refractivity contribution in [2.45, 2.75) is 6.92 Å². The number of hydrogen-bond acceptors (Lipinski definition) is 3. The van der Waals surface area contributed by atoms with Crippen molar-refractivity contribution in [3.63, 3.8) is 0 Å². The van der Waals surface area contributed by atoms with Crippen molar-refractivity contribution in [3.8, 4) is 0 Å². The topological polar surface area (TPSA) is 61.4 Å². The predicted octanol–water partition coefficient (Wildman–Crippen LogP) is 5.17. The molecule has 0 aliphatic carbocycles. The summed E-state index contributed by atoms with van der Waals surface area (Å²) < 4.78 is 0.898. The Bertz CT molecular complexity index is 975. The number of rotatable bonds is 7. The monoisotopic (exact) mass is 451 g/mol. The van der Waals surface area contributed by atoms with Gasteiger partial charge in [-0.1, -0.05) is 30.3 Å². The van der Waals surface area contributed by atoms with Crippen LogP contribution in [0.25, 0.3) is 0 Å². The van der Waals surface area contributed by atoms with E-state index in [1.807, 2.05) is 61.5 Å². The van der Waals surface area contributed by atoms with Crippen LogP contribution in [0.15, 0.2) is 83.3 Å². The van der Waals surface area contributed by atoms with Crippen LogP contribution < -0.4 is 15.5 Å². The molecule has 0 atom stereocenters. The molecule has 3 aromatic rings. The number of carbonyl (C=O) groups is 2. The van der Waals surface area contributed by atoms with Crippen LogP contribution >= 0.6 is 15.9 Å². The first-order chi connectivity index (χ1) is 14.1. The zero-order valence-electron chi connectivity index (χ0n) is 16.1. The van der Waals surface area contributed by atoms with Gasteiger partial charge in [-0.3, -0.25) is 9.59 Å². The van der Waals surface area contributed by atoms with E-state index in [1.54, 1.807) is 29.2 Å². The number of anilines is 3. The number of hydrogen-bond donors (Lipinski definition) is 2. The molecule has 0 unspecified atom stereocenters. The predicted molar refractivity (Wildman–Crippen MR) is 121 cm³/mol. The molecule has 0 saturated heterocycles. The molecule has 5 nitrogen and oxygen atoms in total. The number of carbonyl (C=O) groups excluding carboxylic acids is 2. The van der Waals surface area contributed by atoms with Crippen LogP contribution in [0.1, 0.15) is 17.3 Å². The van der Waals surface area contributed by atoms with Crippen LogP contribution in [0.5, 0.6) is 0 Å². The van der Waals surface area contributed by atoms with Gasteiger partial charge in [0.25, 0.3) is 5.91 Å². The molecule has 0 aliphatic heterocycles. The number of amides is 2. The van der Waals surface area contributed by atoms with E-state index in [1.165, 1.54) is 0 Å². The van der Waals surface area contributed by atoms with Gasteiger partial charge in [-0.15, -0.1) is 0 Å². The van der Waals surface area contributed by atoms with Gasteiger partial charge in [0, 0.05) is 33.6 Å². The molecule has 29 heavy (non-hydrogen) atoms. The highest BCUT2D eigenvalue weighted by molar-refractivity contribution is 9.10. The van der Waals surface area contributed by atoms with E-state index >= 15 is 0 Å². The van der Waals surface area contributed by atoms with Gasteiger partial charge in [0.2, 0.25) is 5.91 Å². The van der Waals surface area contributed by atoms with Crippen molar-refractivity contribution in [2.75, 3.05) is 28.6 Å². The third-order valence-corrected chi connectivity index (χ3v) is 5.05. The molecule has 2 N–H and O–H groups in total. The third-order valence-electron chi connectivity index (χ3n) is 4.36. The third kappa shape index (κ3) is 5.45. The lowest BCUT2D eigenvalue weighted by atomic mass is 10.1. The number of halogens is 1. The Morgan fingerprint density at radius 2 is 1.55 bits per heavy atom. The first-order valence-corrected chi connectivity index (χ1v) is 10.1. The Balaban J connectivity index is 1.60. The highest BCUT2D eigenvalue weighted by Crippen LogP contribution is 2.21. The zero-order valence-corrected chi connectivity index (χ0v) is 17.6. The summed E-state index contributed by atoms with van der Waals surface area (Å²) in [5, 5.41) is 5.91. The van der Waals surface area contributed by atoms with Crippen molar-refractivity contribution in [1.82, 2.24) is 0 Å². The van der Waals surface area contributed by atoms with Crippen molar-refractivity contribution in [2.24, 2.45) is 0 Å². The molecule has 0 saturated carbocycles. The molecule has 148 valence electrons. The number of nitrogens with zero attached hydrogens (tertiary/aromatic N) is 1. The van der Waals surface area contributed by atoms with Gasteiger partial charge in [0.05, 0.1) is 6.54 Å². The lowest BCUT2D eigenvalue weighted by molar-refractivity contribution is -0.114. The average molecular weight is 452 g/mol. The Hall–Kier alpha value is -3.12. The number of benzene rings is 3. The van der Waals surface area contributed by atoms with Gasteiger partial charge in [-0.25, -0.2) is 0 Å². The Morgan fingerprint density at radius 3 is 2.21 bits per heavy atom. The number of para-hydroxylation sites is 2. The molecule has 0 bridgehead atoms. The van der Waals surface area contributed by atoms with Gasteiger partial charge in [0.1, 0.15) is 0 Å². The summed E-state index contributed by atoms with van der Waals surface area (Å²) in [7, 11) is 0. The van der Waals surface area contributed by atoms with Crippen LogP contribution in [-0.2, 0) is 4.79 Å². The minimum absolute atomic E-state index is 0.0767. The minimum atomic E-state index is -0.167. The molecule has 0 heterocycles. The van der Waals surface area contributed by atoms with Crippen LogP contribution in [0.3, 0.4) is 0 Å². The molecule has 0 aliphatic rings. The van der Waals surface area contributed by atoms with Crippen molar-refractivity contribution >= 4 is 44.8 Å². The molecule has 0 aromatic heterocycles. The lowest BCUT2D eigenvalue weighted by Crippen LogP contribution is -2.30. The van der Waals surface area contributed by atoms with Gasteiger partial charge in [-0.2, -0.15) is 0 Å². The fraction of sp³-hybridized carbons (Fsp3) is 0.130. The second-order valence-corrected chi connectivity index (χ2v) is 7.20. The Morgan fingerprint density at radius 1 is 0.897 bits per heavy atom. The van der Waals surface area contributed by atoms with Crippen LogP contribution in [0, 0.1) is 0 Å². The van der Waals surface area contributed by atoms with E-state index < -0.39 is 0 Å². The Labute approximate surface area is 178 Å². The highest BCUT2D eigenvalue weighted by atomic mass is 79.9. The summed E-state index contributed by atoms with van der Waals surface area (Å²) in [4.78, 5) is 26.7. The molecule has 0 fully saturated rings. The summed E-state index contributed by atoms with van der Waals surface area (Å²) in [6, 6.07) is 24.1. The van der Waals surface area contributed by atoms with Gasteiger partial charge in [-0.05, 0) is 71.4 Å². The smallest absolute Gasteiger partial charge is 0.258 e. The molecular weight excluding hydrogens is 430 g/mol. The maximum Gasteiger partial charge on any atom is 0.258 e. The first kappa shape index (κ1) is 20.6. The van der Waals surface area contributed by atoms with Crippen LogP contribution in [0.2, 0.25) is 0 Å². The van der Waals surface area contributed by atoms with Crippen molar-refractivity contribution < 1.29 is 9.59 Å². The normalized spacial score (nSPS) is 10.3. The first-order valence-electron chi connectivity index (χ1n) is 9.33. The Kier molecular flexibility index (Phi) is 7.03. The molecule has 6 heteroatoms. The minimum Gasteiger partial charge on any atom is -0.375 e. The maximum atomic E-state index is 12.8. The summed E-state index contributed by atoms with van der Waals surface area (Å²) >= 11 is 3.44. The van der Waals surface area contributed by atoms with E-state index in [4.69, 9.17) is 0 Å². The van der Waals surface area contributed by atoms with Gasteiger partial charge in [0.15, 0.2) is 0 Å². The standard InChI is InChI=1S/C23H22BrN3O2/c1-2-27(19-8-4-3-5-9-19)23(29)17-12-14-18(15-13-17)26-22(28)16-25-21-11-7-6-10-20(21)24/h3-15,25H,2,16H2,1H3,(H,26,28). The molecule has 0 spiro atoms. The second-order valence-electron chi connectivity index (χ2n) is 6.34. The van der Waals surface area contributed by atoms with Crippen molar-refractivity contribution in [1.29, 1.82) is 0 Å². The average Bonchev–Trinajstić information content (AvgIpc) is 2.75.